The van der Waals surface area contributed by atoms with Crippen molar-refractivity contribution in [2.24, 2.45) is 0 Å². The molecule has 0 aliphatic heterocycles. The minimum Gasteiger partial charge on any atom is -0.497 e. The van der Waals surface area contributed by atoms with Crippen LogP contribution in [0.4, 0.5) is 11.4 Å². The molecular formula is C33H31N3O9S. The topological polar surface area (TPSA) is 168 Å². The minimum absolute atomic E-state index is 0.0332. The van der Waals surface area contributed by atoms with Crippen molar-refractivity contribution in [2.45, 2.75) is 13.0 Å². The highest BCUT2D eigenvalue weighted by molar-refractivity contribution is 7.92. The van der Waals surface area contributed by atoms with Crippen LogP contribution in [0.15, 0.2) is 97.1 Å². The SMILES string of the molecule is COc1ccc(CC(=O)Nc2ccc(C(=O)N(CC(=O)O)Cc3ccc(OC(=O)c4ccc(NS(C)(=O)=O)cc4)cc3)cc2)cc1. The van der Waals surface area contributed by atoms with Crippen LogP contribution in [0.25, 0.3) is 0 Å². The van der Waals surface area contributed by atoms with Crippen LogP contribution in [0.5, 0.6) is 11.5 Å². The molecule has 0 spiro atoms. The standard InChI is InChI=1S/C33H31N3O9S/c1-44-28-15-3-22(4-16-28)19-30(37)34-26-11-7-24(8-12-26)32(40)36(21-31(38)39)20-23-5-17-29(18-6-23)45-33(41)25-9-13-27(14-10-25)35-46(2,42)43/h3-18,35H,19-21H2,1-2H3,(H,34,37)(H,38,39). The molecule has 0 aromatic heterocycles. The van der Waals surface area contributed by atoms with Gasteiger partial charge in [-0.25, -0.2) is 13.2 Å². The van der Waals surface area contributed by atoms with Gasteiger partial charge in [-0.1, -0.05) is 24.3 Å². The molecule has 4 rings (SSSR count). The number of amides is 2. The maximum absolute atomic E-state index is 13.2. The van der Waals surface area contributed by atoms with Gasteiger partial charge in [-0.3, -0.25) is 19.1 Å². The second-order valence-electron chi connectivity index (χ2n) is 10.2. The molecule has 0 heterocycles. The van der Waals surface area contributed by atoms with Gasteiger partial charge in [-0.05, 0) is 83.9 Å². The van der Waals surface area contributed by atoms with Gasteiger partial charge in [-0.2, -0.15) is 0 Å². The zero-order chi connectivity index (χ0) is 33.3. The first-order chi connectivity index (χ1) is 21.9. The first-order valence-corrected chi connectivity index (χ1v) is 15.7. The fourth-order valence-electron chi connectivity index (χ4n) is 4.31. The molecule has 0 unspecified atom stereocenters. The van der Waals surface area contributed by atoms with Gasteiger partial charge in [0, 0.05) is 23.5 Å². The normalized spacial score (nSPS) is 10.8. The third-order valence-corrected chi connectivity index (χ3v) is 7.09. The number of nitrogens with one attached hydrogen (secondary N) is 2. The Morgan fingerprint density at radius 2 is 1.28 bits per heavy atom. The number of anilines is 2. The molecule has 0 aliphatic rings. The fourth-order valence-corrected chi connectivity index (χ4v) is 4.88. The largest absolute Gasteiger partial charge is 0.497 e. The van der Waals surface area contributed by atoms with Gasteiger partial charge in [0.2, 0.25) is 15.9 Å². The van der Waals surface area contributed by atoms with Crippen molar-refractivity contribution in [3.05, 3.63) is 119 Å². The van der Waals surface area contributed by atoms with Crippen molar-refractivity contribution >= 4 is 45.2 Å². The molecule has 0 radical (unpaired) electrons. The van der Waals surface area contributed by atoms with Crippen LogP contribution in [0, 0.1) is 0 Å². The Kier molecular flexibility index (Phi) is 10.7. The van der Waals surface area contributed by atoms with E-state index in [9.17, 15) is 32.7 Å². The van der Waals surface area contributed by atoms with Gasteiger partial charge in [0.25, 0.3) is 5.91 Å². The molecule has 0 saturated carbocycles. The van der Waals surface area contributed by atoms with E-state index in [0.717, 1.165) is 16.7 Å². The van der Waals surface area contributed by atoms with Crippen molar-refractivity contribution in [2.75, 3.05) is 29.9 Å². The summed E-state index contributed by atoms with van der Waals surface area (Å²) in [6.45, 7) is -0.589. The number of carboxylic acid groups (broad SMARTS) is 1. The average molecular weight is 646 g/mol. The summed E-state index contributed by atoms with van der Waals surface area (Å²) in [4.78, 5) is 50.9. The summed E-state index contributed by atoms with van der Waals surface area (Å²) in [5, 5.41) is 12.2. The van der Waals surface area contributed by atoms with Crippen molar-refractivity contribution in [3.63, 3.8) is 0 Å². The first kappa shape index (κ1) is 33.2. The number of sulfonamides is 1. The van der Waals surface area contributed by atoms with E-state index < -0.39 is 34.4 Å². The Morgan fingerprint density at radius 1 is 0.739 bits per heavy atom. The molecule has 0 atom stereocenters. The monoisotopic (exact) mass is 645 g/mol. The molecule has 2 amide bonds. The lowest BCUT2D eigenvalue weighted by atomic mass is 10.1. The van der Waals surface area contributed by atoms with E-state index in [2.05, 4.69) is 10.0 Å². The molecule has 0 fully saturated rings. The molecule has 238 valence electrons. The number of esters is 1. The van der Waals surface area contributed by atoms with Gasteiger partial charge in [0.05, 0.1) is 25.3 Å². The zero-order valence-electron chi connectivity index (χ0n) is 24.9. The highest BCUT2D eigenvalue weighted by atomic mass is 32.2. The molecule has 4 aromatic rings. The molecule has 13 heteroatoms. The molecule has 0 bridgehead atoms. The second kappa shape index (κ2) is 14.9. The summed E-state index contributed by atoms with van der Waals surface area (Å²) >= 11 is 0. The van der Waals surface area contributed by atoms with E-state index in [-0.39, 0.29) is 35.7 Å². The minimum atomic E-state index is -3.46. The fraction of sp³-hybridized carbons (Fsp3) is 0.152. The molecule has 12 nitrogen and oxygen atoms in total. The molecular weight excluding hydrogens is 614 g/mol. The quantitative estimate of drug-likeness (QED) is 0.143. The van der Waals surface area contributed by atoms with E-state index in [1.807, 2.05) is 0 Å². The Balaban J connectivity index is 1.35. The second-order valence-corrected chi connectivity index (χ2v) is 11.9. The number of rotatable bonds is 13. The van der Waals surface area contributed by atoms with Gasteiger partial charge in [0.1, 0.15) is 18.0 Å². The summed E-state index contributed by atoms with van der Waals surface area (Å²) in [7, 11) is -1.90. The lowest BCUT2D eigenvalue weighted by Gasteiger charge is -2.21. The Labute approximate surface area is 265 Å². The third kappa shape index (κ3) is 9.92. The number of carbonyl (C=O) groups excluding carboxylic acids is 3. The van der Waals surface area contributed by atoms with Crippen LogP contribution in [0.1, 0.15) is 31.8 Å². The zero-order valence-corrected chi connectivity index (χ0v) is 25.7. The summed E-state index contributed by atoms with van der Waals surface area (Å²) in [5.74, 6) is -1.73. The molecule has 46 heavy (non-hydrogen) atoms. The lowest BCUT2D eigenvalue weighted by Crippen LogP contribution is -2.35. The van der Waals surface area contributed by atoms with Crippen LogP contribution in [-0.4, -0.2) is 62.1 Å². The maximum atomic E-state index is 13.2. The number of benzene rings is 4. The number of ether oxygens (including phenoxy) is 2. The van der Waals surface area contributed by atoms with Crippen LogP contribution in [0.2, 0.25) is 0 Å². The summed E-state index contributed by atoms with van der Waals surface area (Å²) in [6.07, 6.45) is 1.16. The number of hydrogen-bond acceptors (Lipinski definition) is 8. The number of hydrogen-bond donors (Lipinski definition) is 3. The molecule has 4 aromatic carbocycles. The van der Waals surface area contributed by atoms with Crippen molar-refractivity contribution in [1.29, 1.82) is 0 Å². The maximum Gasteiger partial charge on any atom is 0.343 e. The Morgan fingerprint density at radius 3 is 1.85 bits per heavy atom. The smallest absolute Gasteiger partial charge is 0.343 e. The third-order valence-electron chi connectivity index (χ3n) is 6.48. The predicted octanol–water partition coefficient (Wildman–Crippen LogP) is 4.19. The summed E-state index contributed by atoms with van der Waals surface area (Å²) in [6, 6.07) is 25.2. The number of carbonyl (C=O) groups is 4. The van der Waals surface area contributed by atoms with Crippen molar-refractivity contribution in [3.8, 4) is 11.5 Å². The number of aliphatic carboxylic acids is 1. The Hall–Kier alpha value is -5.69. The van der Waals surface area contributed by atoms with E-state index in [1.165, 1.54) is 48.5 Å². The van der Waals surface area contributed by atoms with Crippen LogP contribution >= 0.6 is 0 Å². The van der Waals surface area contributed by atoms with Crippen molar-refractivity contribution < 1.29 is 42.2 Å². The lowest BCUT2D eigenvalue weighted by molar-refractivity contribution is -0.137. The molecule has 0 saturated heterocycles. The number of methoxy groups -OCH3 is 1. The van der Waals surface area contributed by atoms with Crippen LogP contribution in [0.3, 0.4) is 0 Å². The van der Waals surface area contributed by atoms with E-state index >= 15 is 0 Å². The predicted molar refractivity (Wildman–Crippen MR) is 170 cm³/mol. The van der Waals surface area contributed by atoms with Gasteiger partial charge in [-0.15, -0.1) is 0 Å². The van der Waals surface area contributed by atoms with Gasteiger partial charge < -0.3 is 24.8 Å². The van der Waals surface area contributed by atoms with E-state index in [1.54, 1.807) is 55.6 Å². The van der Waals surface area contributed by atoms with Crippen molar-refractivity contribution in [1.82, 2.24) is 4.90 Å². The van der Waals surface area contributed by atoms with Crippen LogP contribution in [-0.2, 0) is 32.6 Å². The highest BCUT2D eigenvalue weighted by Gasteiger charge is 2.20. The summed E-state index contributed by atoms with van der Waals surface area (Å²) in [5.41, 5.74) is 2.60. The molecule has 0 aliphatic carbocycles. The molecule has 3 N–H and O–H groups in total. The van der Waals surface area contributed by atoms with E-state index in [0.29, 0.717) is 22.7 Å². The number of carboxylic acids is 1. The highest BCUT2D eigenvalue weighted by Crippen LogP contribution is 2.19. The average Bonchev–Trinajstić information content (AvgIpc) is 3.01. The van der Waals surface area contributed by atoms with Crippen LogP contribution < -0.4 is 19.5 Å². The van der Waals surface area contributed by atoms with E-state index in [4.69, 9.17) is 9.47 Å². The van der Waals surface area contributed by atoms with Gasteiger partial charge >= 0.3 is 11.9 Å². The number of nitrogens with zero attached hydrogens (tertiary/aromatic N) is 1. The van der Waals surface area contributed by atoms with Gasteiger partial charge in [0.15, 0.2) is 0 Å². The summed E-state index contributed by atoms with van der Waals surface area (Å²) < 4.78 is 35.5. The Bertz CT molecular complexity index is 1810. The first-order valence-electron chi connectivity index (χ1n) is 13.8.